The first-order chi connectivity index (χ1) is 14.0. The van der Waals surface area contributed by atoms with Gasteiger partial charge in [0.25, 0.3) is 0 Å². The molecule has 0 saturated carbocycles. The van der Waals surface area contributed by atoms with E-state index < -0.39 is 0 Å². The molecule has 10 heteroatoms. The highest BCUT2D eigenvalue weighted by atomic mass is 127. The van der Waals surface area contributed by atoms with Crippen molar-refractivity contribution < 1.29 is 9.47 Å². The quantitative estimate of drug-likeness (QED) is 0.358. The number of hydrogen-bond acceptors (Lipinski definition) is 8. The van der Waals surface area contributed by atoms with Gasteiger partial charge in [0.2, 0.25) is 0 Å². The average molecular weight is 526 g/mol. The predicted octanol–water partition coefficient (Wildman–Crippen LogP) is 3.18. The third-order valence-corrected chi connectivity index (χ3v) is 6.70. The Kier molecular flexibility index (Phi) is 6.30. The molecule has 2 aromatic heterocycles. The van der Waals surface area contributed by atoms with Crippen molar-refractivity contribution in [1.82, 2.24) is 24.8 Å². The van der Waals surface area contributed by atoms with Gasteiger partial charge in [-0.1, -0.05) is 25.6 Å². The zero-order valence-electron chi connectivity index (χ0n) is 16.3. The second-order valence-electron chi connectivity index (χ2n) is 7.10. The van der Waals surface area contributed by atoms with Gasteiger partial charge in [-0.05, 0) is 47.2 Å². The smallest absolute Gasteiger partial charge is 0.175 e. The molecule has 0 amide bonds. The van der Waals surface area contributed by atoms with Crippen molar-refractivity contribution in [1.29, 1.82) is 0 Å². The van der Waals surface area contributed by atoms with Crippen LogP contribution in [0, 0.1) is 9.49 Å². The molecular formula is C19H23IN6O2S. The van der Waals surface area contributed by atoms with Gasteiger partial charge in [-0.15, -0.1) is 0 Å². The third-order valence-electron chi connectivity index (χ3n) is 4.39. The largest absolute Gasteiger partial charge is 0.486 e. The van der Waals surface area contributed by atoms with Gasteiger partial charge in [-0.25, -0.2) is 15.0 Å². The number of benzene rings is 1. The van der Waals surface area contributed by atoms with E-state index in [1.807, 2.05) is 12.1 Å². The summed E-state index contributed by atoms with van der Waals surface area (Å²) in [5, 5.41) is 4.30. The second-order valence-corrected chi connectivity index (χ2v) is 9.27. The van der Waals surface area contributed by atoms with Gasteiger partial charge < -0.3 is 25.1 Å². The molecule has 8 nitrogen and oxygen atoms in total. The fourth-order valence-electron chi connectivity index (χ4n) is 3.02. The summed E-state index contributed by atoms with van der Waals surface area (Å²) in [4.78, 5) is 14.3. The van der Waals surface area contributed by atoms with E-state index in [9.17, 15) is 0 Å². The van der Waals surface area contributed by atoms with Gasteiger partial charge in [0.1, 0.15) is 19.5 Å². The summed E-state index contributed by atoms with van der Waals surface area (Å²) in [6.07, 6.45) is 1.49. The summed E-state index contributed by atoms with van der Waals surface area (Å²) < 4.78 is 14.6. The summed E-state index contributed by atoms with van der Waals surface area (Å²) in [5.41, 5.74) is 7.44. The summed E-state index contributed by atoms with van der Waals surface area (Å²) in [7, 11) is 0. The van der Waals surface area contributed by atoms with Crippen LogP contribution in [0.1, 0.15) is 13.8 Å². The Bertz CT molecular complexity index is 1030. The number of anilines is 1. The van der Waals surface area contributed by atoms with Crippen molar-refractivity contribution in [2.24, 2.45) is 5.92 Å². The third kappa shape index (κ3) is 4.53. The minimum atomic E-state index is 0.391. The predicted molar refractivity (Wildman–Crippen MR) is 122 cm³/mol. The van der Waals surface area contributed by atoms with Gasteiger partial charge >= 0.3 is 0 Å². The van der Waals surface area contributed by atoms with Crippen LogP contribution in [0.15, 0.2) is 28.5 Å². The van der Waals surface area contributed by atoms with Gasteiger partial charge in [0.15, 0.2) is 33.6 Å². The van der Waals surface area contributed by atoms with Crippen LogP contribution in [0.25, 0.3) is 11.2 Å². The summed E-state index contributed by atoms with van der Waals surface area (Å²) >= 11 is 3.88. The molecule has 4 rings (SSSR count). The van der Waals surface area contributed by atoms with Crippen LogP contribution in [0.5, 0.6) is 11.5 Å². The number of aromatic nitrogens is 4. The molecule has 0 aliphatic carbocycles. The number of imidazole rings is 1. The van der Waals surface area contributed by atoms with Crippen molar-refractivity contribution in [3.05, 3.63) is 22.0 Å². The molecule has 0 atom stereocenters. The Morgan fingerprint density at radius 2 is 2.00 bits per heavy atom. The van der Waals surface area contributed by atoms with Crippen molar-refractivity contribution in [3.8, 4) is 11.5 Å². The van der Waals surface area contributed by atoms with Gasteiger partial charge in [-0.3, -0.25) is 0 Å². The Balaban J connectivity index is 1.66. The Morgan fingerprint density at radius 1 is 1.24 bits per heavy atom. The summed E-state index contributed by atoms with van der Waals surface area (Å²) in [5.74, 6) is 2.54. The molecule has 0 saturated heterocycles. The lowest BCUT2D eigenvalue weighted by Crippen LogP contribution is -2.24. The molecule has 0 radical (unpaired) electrons. The van der Waals surface area contributed by atoms with E-state index in [2.05, 4.69) is 56.3 Å². The van der Waals surface area contributed by atoms with Crippen molar-refractivity contribution in [2.45, 2.75) is 30.4 Å². The molecule has 3 heterocycles. The van der Waals surface area contributed by atoms with Gasteiger partial charge in [0, 0.05) is 21.6 Å². The monoisotopic (exact) mass is 526 g/mol. The van der Waals surface area contributed by atoms with E-state index >= 15 is 0 Å². The number of hydrogen-bond donors (Lipinski definition) is 2. The maximum Gasteiger partial charge on any atom is 0.175 e. The maximum atomic E-state index is 6.06. The Labute approximate surface area is 187 Å². The topological polar surface area (TPSA) is 100 Å². The maximum absolute atomic E-state index is 6.06. The first-order valence-corrected chi connectivity index (χ1v) is 11.4. The molecule has 1 aromatic carbocycles. The average Bonchev–Trinajstić information content (AvgIpc) is 3.04. The molecule has 1 aliphatic heterocycles. The van der Waals surface area contributed by atoms with E-state index in [-0.39, 0.29) is 0 Å². The fraction of sp³-hybridized carbons (Fsp3) is 0.421. The SMILES string of the molecule is CC(C)CNCCn1c(Sc2cc3c(cc2I)OCCO3)nc2c(N)ncnc21. The summed E-state index contributed by atoms with van der Waals surface area (Å²) in [6.45, 7) is 8.04. The molecule has 0 unspecified atom stereocenters. The first kappa shape index (κ1) is 20.5. The number of halogens is 1. The van der Waals surface area contributed by atoms with Crippen LogP contribution in [0.4, 0.5) is 5.82 Å². The number of ether oxygens (including phenoxy) is 2. The van der Waals surface area contributed by atoms with Crippen LogP contribution in [-0.4, -0.2) is 45.8 Å². The molecule has 0 spiro atoms. The van der Waals surface area contributed by atoms with Crippen LogP contribution < -0.4 is 20.5 Å². The number of nitrogens with two attached hydrogens (primary N) is 1. The number of rotatable bonds is 7. The van der Waals surface area contributed by atoms with E-state index in [1.54, 1.807) is 11.8 Å². The van der Waals surface area contributed by atoms with E-state index in [0.717, 1.165) is 50.4 Å². The van der Waals surface area contributed by atoms with Crippen molar-refractivity contribution in [3.63, 3.8) is 0 Å². The number of nitrogen functional groups attached to an aromatic ring is 1. The minimum Gasteiger partial charge on any atom is -0.486 e. The lowest BCUT2D eigenvalue weighted by Gasteiger charge is -2.19. The molecule has 1 aliphatic rings. The summed E-state index contributed by atoms with van der Waals surface area (Å²) in [6, 6.07) is 4.01. The van der Waals surface area contributed by atoms with Gasteiger partial charge in [0.05, 0.1) is 0 Å². The van der Waals surface area contributed by atoms with Crippen LogP contribution in [0.2, 0.25) is 0 Å². The van der Waals surface area contributed by atoms with E-state index in [0.29, 0.717) is 30.5 Å². The molecular weight excluding hydrogens is 503 g/mol. The second kappa shape index (κ2) is 8.92. The normalized spacial score (nSPS) is 13.4. The van der Waals surface area contributed by atoms with Crippen LogP contribution >= 0.6 is 34.4 Å². The number of nitrogens with zero attached hydrogens (tertiary/aromatic N) is 4. The highest BCUT2D eigenvalue weighted by molar-refractivity contribution is 14.1. The highest BCUT2D eigenvalue weighted by Crippen LogP contribution is 2.40. The zero-order valence-corrected chi connectivity index (χ0v) is 19.3. The highest BCUT2D eigenvalue weighted by Gasteiger charge is 2.20. The van der Waals surface area contributed by atoms with Crippen LogP contribution in [-0.2, 0) is 6.54 Å². The fourth-order valence-corrected chi connectivity index (χ4v) is 4.73. The Hall–Kier alpha value is -1.79. The van der Waals surface area contributed by atoms with Gasteiger partial charge in [-0.2, -0.15) is 0 Å². The molecule has 0 fully saturated rings. The molecule has 154 valence electrons. The van der Waals surface area contributed by atoms with Crippen molar-refractivity contribution in [2.75, 3.05) is 32.0 Å². The van der Waals surface area contributed by atoms with Crippen molar-refractivity contribution >= 4 is 51.3 Å². The number of nitrogens with one attached hydrogen (secondary N) is 1. The number of fused-ring (bicyclic) bond motifs is 2. The lowest BCUT2D eigenvalue weighted by atomic mass is 10.2. The first-order valence-electron chi connectivity index (χ1n) is 9.47. The van der Waals surface area contributed by atoms with E-state index in [4.69, 9.17) is 20.2 Å². The molecule has 3 N–H and O–H groups in total. The van der Waals surface area contributed by atoms with E-state index in [1.165, 1.54) is 6.33 Å². The van der Waals surface area contributed by atoms with Crippen LogP contribution in [0.3, 0.4) is 0 Å². The minimum absolute atomic E-state index is 0.391. The standard InChI is InChI=1S/C19H23IN6O2S/c1-11(2)9-22-3-4-26-18-16(17(21)23-10-24-18)25-19(26)29-15-8-14-13(7-12(15)20)27-5-6-28-14/h7-8,10-11,22H,3-6,9H2,1-2H3,(H2,21,23,24). The molecule has 29 heavy (non-hydrogen) atoms. The molecule has 0 bridgehead atoms. The lowest BCUT2D eigenvalue weighted by molar-refractivity contribution is 0.171. The Morgan fingerprint density at radius 3 is 2.76 bits per heavy atom. The molecule has 3 aromatic rings. The zero-order chi connectivity index (χ0) is 20.4.